The molecule has 1 amide bonds. The molecule has 19 heteroatoms. The minimum atomic E-state index is -1.98. The van der Waals surface area contributed by atoms with Gasteiger partial charge in [0.05, 0.1) is 38.6 Å². The highest BCUT2D eigenvalue weighted by Crippen LogP contribution is 2.33. The Morgan fingerprint density at radius 3 is 1.28 bits per heavy atom. The van der Waals surface area contributed by atoms with Gasteiger partial charge >= 0.3 is 0 Å². The van der Waals surface area contributed by atoms with E-state index in [1.165, 1.54) is 116 Å². The maximum absolute atomic E-state index is 13.3. The summed E-state index contributed by atoms with van der Waals surface area (Å²) in [5.41, 5.74) is 0. The van der Waals surface area contributed by atoms with Crippen molar-refractivity contribution in [2.24, 2.45) is 0 Å². The van der Waals surface area contributed by atoms with E-state index in [9.17, 15) is 61.0 Å². The van der Waals surface area contributed by atoms with Crippen molar-refractivity contribution in [2.75, 3.05) is 26.4 Å². The maximum atomic E-state index is 13.3. The number of nitrogens with one attached hydrogen (secondary N) is 1. The Bertz CT molecular complexity index is 1570. The molecule has 0 aromatic rings. The SMILES string of the molecule is CCCCCCCC/C=C\CCCCCCCCCC(=O)NC(COC1OC(CO)C(OC2OC(CO)C(OC3OC(CO)C(O)C(O)C3O)C(O)C2O)C(O)C1O)C(O)/C=C/CC/C=C/CCCCCCCCCCCC. The standard InChI is InChI=1S/C59H107NO18/c1-3-5-7-9-11-13-15-17-19-21-23-25-27-29-31-33-35-37-47(65)60-42(43(64)36-34-32-30-28-26-24-22-20-18-16-14-12-10-8-6-4-2)41-73-57-53(71)50(68)55(45(39-62)75-57)78-59-54(72)51(69)56(46(40-63)76-59)77-58-52(70)49(67)48(66)44(38-61)74-58/h17,19,26,28,34,36,42-46,48-59,61-64,66-72H,3-16,18,20-25,27,29-33,35,37-41H2,1-2H3,(H,60,65)/b19-17-,28-26+,36-34+. The molecular weight excluding hydrogens is 1010 g/mol. The zero-order valence-electron chi connectivity index (χ0n) is 47.4. The van der Waals surface area contributed by atoms with Crippen molar-refractivity contribution in [3.8, 4) is 0 Å². The van der Waals surface area contributed by atoms with Crippen molar-refractivity contribution in [1.82, 2.24) is 5.32 Å². The van der Waals surface area contributed by atoms with Crippen LogP contribution in [0.25, 0.3) is 0 Å². The molecule has 12 N–H and O–H groups in total. The third kappa shape index (κ3) is 26.5. The molecule has 19 nitrogen and oxygen atoms in total. The Morgan fingerprint density at radius 1 is 0.449 bits per heavy atom. The summed E-state index contributed by atoms with van der Waals surface area (Å²) in [4.78, 5) is 13.3. The summed E-state index contributed by atoms with van der Waals surface area (Å²) >= 11 is 0. The summed E-state index contributed by atoms with van der Waals surface area (Å²) in [6.07, 6.45) is 18.4. The largest absolute Gasteiger partial charge is 0.394 e. The molecule has 0 aromatic heterocycles. The van der Waals surface area contributed by atoms with E-state index in [0.29, 0.717) is 12.8 Å². The monoisotopic (exact) mass is 1120 g/mol. The Hall–Kier alpha value is -1.99. The summed E-state index contributed by atoms with van der Waals surface area (Å²) in [6, 6.07) is -0.990. The maximum Gasteiger partial charge on any atom is 0.220 e. The molecule has 456 valence electrons. The number of unbranched alkanes of at least 4 members (excludes halogenated alkanes) is 24. The fraction of sp³-hybridized carbons (Fsp3) is 0.881. The topological polar surface area (TPSA) is 307 Å². The average Bonchev–Trinajstić information content (AvgIpc) is 3.45. The van der Waals surface area contributed by atoms with Gasteiger partial charge in [-0.25, -0.2) is 0 Å². The van der Waals surface area contributed by atoms with E-state index < -0.39 is 124 Å². The number of hydrogen-bond acceptors (Lipinski definition) is 18. The van der Waals surface area contributed by atoms with E-state index in [-0.39, 0.29) is 18.9 Å². The van der Waals surface area contributed by atoms with Crippen LogP contribution in [0.3, 0.4) is 0 Å². The molecule has 17 unspecified atom stereocenters. The predicted octanol–water partition coefficient (Wildman–Crippen LogP) is 5.32. The molecule has 78 heavy (non-hydrogen) atoms. The smallest absolute Gasteiger partial charge is 0.220 e. The quantitative estimate of drug-likeness (QED) is 0.0271. The molecule has 17 atom stereocenters. The van der Waals surface area contributed by atoms with Crippen molar-refractivity contribution in [2.45, 2.75) is 304 Å². The lowest BCUT2D eigenvalue weighted by Crippen LogP contribution is -2.66. The molecule has 3 aliphatic heterocycles. The van der Waals surface area contributed by atoms with Gasteiger partial charge in [-0.15, -0.1) is 0 Å². The van der Waals surface area contributed by atoms with Crippen LogP contribution >= 0.6 is 0 Å². The second kappa shape index (κ2) is 42.8. The zero-order chi connectivity index (χ0) is 56.9. The van der Waals surface area contributed by atoms with Gasteiger partial charge in [-0.2, -0.15) is 0 Å². The number of carbonyl (C=O) groups is 1. The number of hydrogen-bond donors (Lipinski definition) is 12. The van der Waals surface area contributed by atoms with E-state index >= 15 is 0 Å². The number of aliphatic hydroxyl groups excluding tert-OH is 11. The highest BCUT2D eigenvalue weighted by atomic mass is 16.8. The molecule has 0 aliphatic carbocycles. The third-order valence-electron chi connectivity index (χ3n) is 15.2. The van der Waals surface area contributed by atoms with Gasteiger partial charge in [0.2, 0.25) is 5.91 Å². The minimum absolute atomic E-state index is 0.231. The Balaban J connectivity index is 1.52. The highest BCUT2D eigenvalue weighted by molar-refractivity contribution is 5.76. The second-order valence-corrected chi connectivity index (χ2v) is 21.8. The van der Waals surface area contributed by atoms with Crippen molar-refractivity contribution < 1.29 is 89.4 Å². The van der Waals surface area contributed by atoms with Gasteiger partial charge in [0.15, 0.2) is 18.9 Å². The van der Waals surface area contributed by atoms with Gasteiger partial charge < -0.3 is 89.9 Å². The Kier molecular flexibility index (Phi) is 38.5. The van der Waals surface area contributed by atoms with Crippen LogP contribution in [0.1, 0.15) is 200 Å². The first-order chi connectivity index (χ1) is 37.8. The molecule has 3 fully saturated rings. The molecule has 3 saturated heterocycles. The van der Waals surface area contributed by atoms with E-state index in [1.54, 1.807) is 6.08 Å². The summed E-state index contributed by atoms with van der Waals surface area (Å²) < 4.78 is 34.2. The second-order valence-electron chi connectivity index (χ2n) is 21.8. The van der Waals surface area contributed by atoms with Gasteiger partial charge in [-0.3, -0.25) is 4.79 Å². The number of carbonyl (C=O) groups excluding carboxylic acids is 1. The number of aliphatic hydroxyl groups is 11. The van der Waals surface area contributed by atoms with Gasteiger partial charge in [-0.1, -0.05) is 172 Å². The fourth-order valence-corrected chi connectivity index (χ4v) is 10.1. The molecule has 0 aromatic carbocycles. The first-order valence-corrected chi connectivity index (χ1v) is 30.2. The molecule has 0 saturated carbocycles. The van der Waals surface area contributed by atoms with Crippen molar-refractivity contribution in [3.63, 3.8) is 0 Å². The lowest BCUT2D eigenvalue weighted by Gasteiger charge is -2.48. The molecule has 3 heterocycles. The van der Waals surface area contributed by atoms with E-state index in [2.05, 4.69) is 43.5 Å². The van der Waals surface area contributed by atoms with Crippen LogP contribution < -0.4 is 5.32 Å². The summed E-state index contributed by atoms with van der Waals surface area (Å²) in [7, 11) is 0. The first kappa shape index (κ1) is 70.3. The summed E-state index contributed by atoms with van der Waals surface area (Å²) in [5, 5.41) is 120. The predicted molar refractivity (Wildman–Crippen MR) is 296 cm³/mol. The zero-order valence-corrected chi connectivity index (χ0v) is 47.4. The third-order valence-corrected chi connectivity index (χ3v) is 15.2. The number of rotatable bonds is 44. The van der Waals surface area contributed by atoms with E-state index in [1.807, 2.05) is 6.08 Å². The summed E-state index contributed by atoms with van der Waals surface area (Å²) in [6.45, 7) is 1.69. The first-order valence-electron chi connectivity index (χ1n) is 30.2. The van der Waals surface area contributed by atoms with Gasteiger partial charge in [0.1, 0.15) is 73.2 Å². The van der Waals surface area contributed by atoms with Crippen LogP contribution in [0, 0.1) is 0 Å². The lowest BCUT2D eigenvalue weighted by molar-refractivity contribution is -0.379. The lowest BCUT2D eigenvalue weighted by atomic mass is 9.96. The van der Waals surface area contributed by atoms with Crippen LogP contribution in [0.5, 0.6) is 0 Å². The Labute approximate surface area is 466 Å². The van der Waals surface area contributed by atoms with Gasteiger partial charge in [-0.05, 0) is 57.8 Å². The number of ether oxygens (including phenoxy) is 6. The van der Waals surface area contributed by atoms with Crippen LogP contribution in [0.4, 0.5) is 0 Å². The fourth-order valence-electron chi connectivity index (χ4n) is 10.1. The Morgan fingerprint density at radius 2 is 0.821 bits per heavy atom. The molecule has 3 rings (SSSR count). The van der Waals surface area contributed by atoms with Gasteiger partial charge in [0.25, 0.3) is 0 Å². The molecule has 3 aliphatic rings. The van der Waals surface area contributed by atoms with Gasteiger partial charge in [0, 0.05) is 6.42 Å². The molecule has 0 radical (unpaired) electrons. The van der Waals surface area contributed by atoms with E-state index in [4.69, 9.17) is 28.4 Å². The highest BCUT2D eigenvalue weighted by Gasteiger charge is 2.53. The number of allylic oxidation sites excluding steroid dienone is 5. The van der Waals surface area contributed by atoms with Crippen molar-refractivity contribution >= 4 is 5.91 Å². The van der Waals surface area contributed by atoms with Crippen LogP contribution in [0.2, 0.25) is 0 Å². The number of amides is 1. The summed E-state index contributed by atoms with van der Waals surface area (Å²) in [5.74, 6) is -0.291. The normalized spacial score (nSPS) is 30.7. The molecule has 0 spiro atoms. The van der Waals surface area contributed by atoms with E-state index in [0.717, 1.165) is 51.4 Å². The minimum Gasteiger partial charge on any atom is -0.394 e. The van der Waals surface area contributed by atoms with Crippen LogP contribution in [-0.4, -0.2) is 193 Å². The van der Waals surface area contributed by atoms with Crippen molar-refractivity contribution in [3.05, 3.63) is 36.5 Å². The molecule has 0 bridgehead atoms. The van der Waals surface area contributed by atoms with Crippen LogP contribution in [0.15, 0.2) is 36.5 Å². The van der Waals surface area contributed by atoms with Crippen molar-refractivity contribution in [1.29, 1.82) is 0 Å². The average molecular weight is 1120 g/mol. The van der Waals surface area contributed by atoms with Crippen LogP contribution in [-0.2, 0) is 33.2 Å². The molecular formula is C59H107NO18.